The monoisotopic (exact) mass is 441 g/mol. The zero-order chi connectivity index (χ0) is 21.4. The molecule has 0 spiro atoms. The van der Waals surface area contributed by atoms with Gasteiger partial charge >= 0.3 is 0 Å². The minimum atomic E-state index is -0.524. The van der Waals surface area contributed by atoms with E-state index in [1.807, 2.05) is 0 Å². The Labute approximate surface area is 183 Å². The molecule has 4 heterocycles. The van der Waals surface area contributed by atoms with E-state index in [0.717, 1.165) is 37.8 Å². The molecule has 3 aromatic rings. The van der Waals surface area contributed by atoms with E-state index in [9.17, 15) is 9.18 Å². The fourth-order valence-corrected chi connectivity index (χ4v) is 3.93. The van der Waals surface area contributed by atoms with Gasteiger partial charge in [0.05, 0.1) is 22.6 Å². The largest absolute Gasteiger partial charge is 0.356 e. The predicted octanol–water partition coefficient (Wildman–Crippen LogP) is 4.85. The minimum Gasteiger partial charge on any atom is -0.356 e. The van der Waals surface area contributed by atoms with Gasteiger partial charge in [0.25, 0.3) is 0 Å². The Morgan fingerprint density at radius 3 is 2.90 bits per heavy atom. The van der Waals surface area contributed by atoms with Crippen LogP contribution in [0.2, 0.25) is 5.02 Å². The van der Waals surface area contributed by atoms with E-state index in [0.29, 0.717) is 34.3 Å². The number of anilines is 1. The van der Waals surface area contributed by atoms with Crippen molar-refractivity contribution in [2.75, 3.05) is 11.9 Å². The number of ether oxygens (including phenoxy) is 1. The number of hydrogen-bond acceptors (Lipinski definition) is 5. The summed E-state index contributed by atoms with van der Waals surface area (Å²) in [5.41, 5.74) is 2.00. The van der Waals surface area contributed by atoms with E-state index < -0.39 is 11.7 Å². The van der Waals surface area contributed by atoms with Crippen LogP contribution in [0.5, 0.6) is 0 Å². The second-order valence-corrected chi connectivity index (χ2v) is 8.30. The summed E-state index contributed by atoms with van der Waals surface area (Å²) in [5.74, 6) is -0.583. The summed E-state index contributed by atoms with van der Waals surface area (Å²) in [6.07, 6.45) is 10.5. The normalized spacial score (nSPS) is 19.2. The van der Waals surface area contributed by atoms with Crippen LogP contribution in [0.15, 0.2) is 30.6 Å². The number of hydrogen-bond donors (Lipinski definition) is 1. The summed E-state index contributed by atoms with van der Waals surface area (Å²) in [6, 6.07) is 3.06. The smallest absolute Gasteiger partial charge is 0.248 e. The van der Waals surface area contributed by atoms with Gasteiger partial charge in [-0.1, -0.05) is 11.6 Å². The van der Waals surface area contributed by atoms with Crippen molar-refractivity contribution >= 4 is 40.3 Å². The highest BCUT2D eigenvalue weighted by atomic mass is 35.5. The van der Waals surface area contributed by atoms with Crippen molar-refractivity contribution in [1.82, 2.24) is 19.7 Å². The van der Waals surface area contributed by atoms with Gasteiger partial charge in [0.2, 0.25) is 5.91 Å². The summed E-state index contributed by atoms with van der Waals surface area (Å²) in [7, 11) is 0. The number of aromatic nitrogens is 4. The first-order chi connectivity index (χ1) is 15.1. The molecule has 3 aromatic heterocycles. The summed E-state index contributed by atoms with van der Waals surface area (Å²) in [4.78, 5) is 21.2. The maximum Gasteiger partial charge on any atom is 0.248 e. The lowest BCUT2D eigenvalue weighted by Gasteiger charge is -2.23. The first kappa shape index (κ1) is 20.1. The quantitative estimate of drug-likeness (QED) is 0.572. The van der Waals surface area contributed by atoms with Crippen LogP contribution >= 0.6 is 11.6 Å². The molecular formula is C22H21ClFN5O2. The molecule has 1 saturated heterocycles. The summed E-state index contributed by atoms with van der Waals surface area (Å²) in [5, 5.41) is 8.16. The number of rotatable bonds is 5. The zero-order valence-corrected chi connectivity index (χ0v) is 17.5. The highest BCUT2D eigenvalue weighted by Crippen LogP contribution is 2.42. The van der Waals surface area contributed by atoms with Crippen molar-refractivity contribution in [3.05, 3.63) is 52.8 Å². The molecule has 1 saturated carbocycles. The van der Waals surface area contributed by atoms with Gasteiger partial charge in [-0.05, 0) is 50.3 Å². The number of halogens is 2. The molecular weight excluding hydrogens is 421 g/mol. The van der Waals surface area contributed by atoms with Crippen LogP contribution in [0.1, 0.15) is 55.6 Å². The van der Waals surface area contributed by atoms with Gasteiger partial charge < -0.3 is 10.1 Å². The van der Waals surface area contributed by atoms with Crippen LogP contribution in [-0.2, 0) is 9.53 Å². The Morgan fingerprint density at radius 2 is 2.13 bits per heavy atom. The highest BCUT2D eigenvalue weighted by molar-refractivity contribution is 6.30. The first-order valence-electron chi connectivity index (χ1n) is 10.4. The average Bonchev–Trinajstić information content (AvgIpc) is 3.52. The van der Waals surface area contributed by atoms with Crippen molar-refractivity contribution in [2.45, 2.75) is 44.2 Å². The number of carbonyl (C=O) groups excluding carboxylic acids is 1. The Hall–Kier alpha value is -2.84. The minimum absolute atomic E-state index is 0.0619. The van der Waals surface area contributed by atoms with Gasteiger partial charge in [-0.3, -0.25) is 9.78 Å². The molecule has 1 amide bonds. The molecule has 1 atom stereocenters. The lowest BCUT2D eigenvalue weighted by molar-refractivity contribution is -0.111. The predicted molar refractivity (Wildman–Crippen MR) is 115 cm³/mol. The van der Waals surface area contributed by atoms with Crippen molar-refractivity contribution in [3.8, 4) is 0 Å². The number of carbonyl (C=O) groups is 1. The number of amides is 1. The van der Waals surface area contributed by atoms with Gasteiger partial charge in [0.1, 0.15) is 11.5 Å². The van der Waals surface area contributed by atoms with Crippen LogP contribution in [0, 0.1) is 5.82 Å². The number of fused-ring (bicyclic) bond motifs is 1. The molecule has 0 radical (unpaired) electrons. The third-order valence-corrected chi connectivity index (χ3v) is 5.68. The third kappa shape index (κ3) is 4.31. The third-order valence-electron chi connectivity index (χ3n) is 5.48. The van der Waals surface area contributed by atoms with Gasteiger partial charge in [-0.25, -0.2) is 14.1 Å². The molecule has 1 unspecified atom stereocenters. The molecule has 2 fully saturated rings. The van der Waals surface area contributed by atoms with Gasteiger partial charge in [-0.2, -0.15) is 5.10 Å². The highest BCUT2D eigenvalue weighted by Gasteiger charge is 2.28. The fourth-order valence-electron chi connectivity index (χ4n) is 3.77. The SMILES string of the molecule is O=C(/C=C/c1nc2c(cnn2C2CCCCO2)cc1F)Nc1cc(Cl)cnc1C1CC1. The Balaban J connectivity index is 1.38. The molecule has 31 heavy (non-hydrogen) atoms. The van der Waals surface area contributed by atoms with Gasteiger partial charge in [0.15, 0.2) is 11.9 Å². The summed E-state index contributed by atoms with van der Waals surface area (Å²) >= 11 is 6.03. The Bertz CT molecular complexity index is 1170. The maximum atomic E-state index is 14.5. The number of nitrogens with zero attached hydrogens (tertiary/aromatic N) is 4. The number of pyridine rings is 2. The van der Waals surface area contributed by atoms with Crippen LogP contribution < -0.4 is 5.32 Å². The van der Waals surface area contributed by atoms with Crippen molar-refractivity contribution in [3.63, 3.8) is 0 Å². The van der Waals surface area contributed by atoms with E-state index in [-0.39, 0.29) is 11.9 Å². The lowest BCUT2D eigenvalue weighted by Crippen LogP contribution is -2.19. The second kappa shape index (κ2) is 8.36. The topological polar surface area (TPSA) is 81.9 Å². The zero-order valence-electron chi connectivity index (χ0n) is 16.7. The molecule has 5 rings (SSSR count). The van der Waals surface area contributed by atoms with Crippen LogP contribution in [-0.4, -0.2) is 32.3 Å². The van der Waals surface area contributed by atoms with Crippen molar-refractivity contribution in [2.24, 2.45) is 0 Å². The number of nitrogens with one attached hydrogen (secondary N) is 1. The second-order valence-electron chi connectivity index (χ2n) is 7.86. The van der Waals surface area contributed by atoms with E-state index in [1.54, 1.807) is 23.1 Å². The molecule has 1 N–H and O–H groups in total. The summed E-state index contributed by atoms with van der Waals surface area (Å²) in [6.45, 7) is 0.668. The van der Waals surface area contributed by atoms with Gasteiger partial charge in [-0.15, -0.1) is 0 Å². The molecule has 160 valence electrons. The van der Waals surface area contributed by atoms with Gasteiger partial charge in [0, 0.05) is 30.2 Å². The standard InChI is InChI=1S/C22H21ClFN5O2/c23-15-10-18(21(25-12-15)13-4-5-13)27-19(30)7-6-17-16(24)9-14-11-26-29(22(14)28-17)20-3-1-2-8-31-20/h6-7,9-13,20H,1-5,8H2,(H,27,30)/b7-6+. The van der Waals surface area contributed by atoms with E-state index >= 15 is 0 Å². The average molecular weight is 442 g/mol. The van der Waals surface area contributed by atoms with Crippen molar-refractivity contribution in [1.29, 1.82) is 0 Å². The molecule has 2 aliphatic rings. The lowest BCUT2D eigenvalue weighted by atomic mass is 10.2. The Kier molecular flexibility index (Phi) is 5.41. The first-order valence-corrected chi connectivity index (χ1v) is 10.8. The van der Waals surface area contributed by atoms with Crippen molar-refractivity contribution < 1.29 is 13.9 Å². The molecule has 1 aliphatic heterocycles. The molecule has 1 aliphatic carbocycles. The molecule has 9 heteroatoms. The fraction of sp³-hybridized carbons (Fsp3) is 0.364. The maximum absolute atomic E-state index is 14.5. The van der Waals surface area contributed by atoms with E-state index in [1.165, 1.54) is 18.2 Å². The molecule has 7 nitrogen and oxygen atoms in total. The van der Waals surface area contributed by atoms with Crippen LogP contribution in [0.3, 0.4) is 0 Å². The molecule has 0 aromatic carbocycles. The van der Waals surface area contributed by atoms with E-state index in [4.69, 9.17) is 16.3 Å². The summed E-state index contributed by atoms with van der Waals surface area (Å²) < 4.78 is 22.0. The Morgan fingerprint density at radius 1 is 1.26 bits per heavy atom. The van der Waals surface area contributed by atoms with E-state index in [2.05, 4.69) is 20.4 Å². The van der Waals surface area contributed by atoms with Crippen LogP contribution in [0.4, 0.5) is 10.1 Å². The molecule has 0 bridgehead atoms. The van der Waals surface area contributed by atoms with Crippen LogP contribution in [0.25, 0.3) is 17.1 Å².